The van der Waals surface area contributed by atoms with Crippen LogP contribution < -0.4 is 5.32 Å². The molecule has 0 amide bonds. The number of benzene rings is 1. The van der Waals surface area contributed by atoms with Crippen molar-refractivity contribution < 1.29 is 10.0 Å². The average molecular weight is 248 g/mol. The van der Waals surface area contributed by atoms with Gasteiger partial charge in [0.1, 0.15) is 11.4 Å². The van der Waals surface area contributed by atoms with Crippen LogP contribution >= 0.6 is 0 Å². The number of hydrogen-bond acceptors (Lipinski definition) is 5. The summed E-state index contributed by atoms with van der Waals surface area (Å²) in [5.74, 6) is -0.131. The molecule has 0 radical (unpaired) electrons. The van der Waals surface area contributed by atoms with E-state index in [2.05, 4.69) is 10.4 Å². The van der Waals surface area contributed by atoms with Crippen molar-refractivity contribution in [3.05, 3.63) is 46.3 Å². The first-order valence-electron chi connectivity index (χ1n) is 5.25. The molecule has 0 unspecified atom stereocenters. The summed E-state index contributed by atoms with van der Waals surface area (Å²) in [6, 6.07) is 3.99. The summed E-state index contributed by atoms with van der Waals surface area (Å²) in [6.45, 7) is 0.430. The molecule has 0 atom stereocenters. The molecule has 2 aromatic rings. The van der Waals surface area contributed by atoms with E-state index in [0.29, 0.717) is 12.2 Å². The van der Waals surface area contributed by atoms with E-state index in [9.17, 15) is 15.2 Å². The number of phenols is 1. The van der Waals surface area contributed by atoms with Gasteiger partial charge in [-0.05, 0) is 12.1 Å². The van der Waals surface area contributed by atoms with Crippen LogP contribution in [0.15, 0.2) is 30.6 Å². The monoisotopic (exact) mass is 248 g/mol. The maximum absolute atomic E-state index is 10.8. The Labute approximate surface area is 103 Å². The Morgan fingerprint density at radius 2 is 2.33 bits per heavy atom. The highest BCUT2D eigenvalue weighted by atomic mass is 16.6. The fourth-order valence-electron chi connectivity index (χ4n) is 1.58. The number of nitrogens with zero attached hydrogens (tertiary/aromatic N) is 3. The Hall–Kier alpha value is -2.57. The van der Waals surface area contributed by atoms with Crippen LogP contribution in [0.4, 0.5) is 11.4 Å². The van der Waals surface area contributed by atoms with Crippen LogP contribution in [0.1, 0.15) is 5.56 Å². The maximum atomic E-state index is 10.8. The van der Waals surface area contributed by atoms with Gasteiger partial charge >= 0.3 is 0 Å². The highest BCUT2D eigenvalue weighted by Gasteiger charge is 2.14. The molecular formula is C11H12N4O3. The van der Waals surface area contributed by atoms with Gasteiger partial charge in [0.2, 0.25) is 0 Å². The highest BCUT2D eigenvalue weighted by molar-refractivity contribution is 5.63. The minimum absolute atomic E-state index is 0.131. The van der Waals surface area contributed by atoms with Crippen LogP contribution in [0.25, 0.3) is 0 Å². The Balaban J connectivity index is 2.16. The van der Waals surface area contributed by atoms with Crippen LogP contribution in [0.5, 0.6) is 5.75 Å². The molecule has 1 heterocycles. The lowest BCUT2D eigenvalue weighted by Gasteiger charge is -2.05. The average Bonchev–Trinajstić information content (AvgIpc) is 2.73. The molecule has 7 heteroatoms. The van der Waals surface area contributed by atoms with E-state index in [1.165, 1.54) is 12.1 Å². The molecule has 0 aliphatic carbocycles. The number of aryl methyl sites for hydroxylation is 1. The van der Waals surface area contributed by atoms with Crippen LogP contribution in [0, 0.1) is 10.1 Å². The van der Waals surface area contributed by atoms with Gasteiger partial charge < -0.3 is 10.4 Å². The van der Waals surface area contributed by atoms with E-state index < -0.39 is 4.92 Å². The van der Waals surface area contributed by atoms with Crippen molar-refractivity contribution in [2.75, 3.05) is 5.32 Å². The predicted molar refractivity (Wildman–Crippen MR) is 65.3 cm³/mol. The summed E-state index contributed by atoms with van der Waals surface area (Å²) in [5, 5.41) is 27.0. The molecule has 2 rings (SSSR count). The lowest BCUT2D eigenvalue weighted by Crippen LogP contribution is -2.01. The van der Waals surface area contributed by atoms with Crippen LogP contribution in [0.3, 0.4) is 0 Å². The zero-order valence-electron chi connectivity index (χ0n) is 9.70. The number of nitro benzene ring substituents is 1. The quantitative estimate of drug-likeness (QED) is 0.487. The molecule has 94 valence electrons. The van der Waals surface area contributed by atoms with Crippen molar-refractivity contribution in [3.63, 3.8) is 0 Å². The van der Waals surface area contributed by atoms with Gasteiger partial charge in [-0.3, -0.25) is 14.8 Å². The second-order valence-electron chi connectivity index (χ2n) is 3.83. The number of anilines is 1. The van der Waals surface area contributed by atoms with Gasteiger partial charge in [-0.25, -0.2) is 0 Å². The molecule has 1 aromatic heterocycles. The second-order valence-corrected chi connectivity index (χ2v) is 3.83. The standard InChI is InChI=1S/C11H12N4O3/c1-14-7-8(6-13-14)5-12-10-3-2-9(16)4-11(10)15(17)18/h2-4,6-7,12,16H,5H2,1H3. The third-order valence-electron chi connectivity index (χ3n) is 2.42. The van der Waals surface area contributed by atoms with Crippen LogP contribution in [0.2, 0.25) is 0 Å². The highest BCUT2D eigenvalue weighted by Crippen LogP contribution is 2.28. The summed E-state index contributed by atoms with van der Waals surface area (Å²) in [6.07, 6.45) is 3.50. The first kappa shape index (κ1) is 11.9. The number of phenolic OH excluding ortho intramolecular Hbond substituents is 1. The van der Waals surface area contributed by atoms with Gasteiger partial charge in [0.15, 0.2) is 0 Å². The van der Waals surface area contributed by atoms with E-state index in [1.54, 1.807) is 17.9 Å². The van der Waals surface area contributed by atoms with E-state index in [4.69, 9.17) is 0 Å². The normalized spacial score (nSPS) is 10.3. The predicted octanol–water partition coefficient (Wildman–Crippen LogP) is 1.65. The Kier molecular flexibility index (Phi) is 3.13. The fraction of sp³-hybridized carbons (Fsp3) is 0.182. The van der Waals surface area contributed by atoms with Crippen molar-refractivity contribution >= 4 is 11.4 Å². The van der Waals surface area contributed by atoms with Crippen molar-refractivity contribution in [1.82, 2.24) is 9.78 Å². The van der Waals surface area contributed by atoms with Crippen molar-refractivity contribution in [2.24, 2.45) is 7.05 Å². The van der Waals surface area contributed by atoms with Gasteiger partial charge in [-0.15, -0.1) is 0 Å². The number of aromatic hydroxyl groups is 1. The molecule has 0 aliphatic rings. The zero-order chi connectivity index (χ0) is 13.1. The Morgan fingerprint density at radius 3 is 2.94 bits per heavy atom. The molecule has 0 saturated carbocycles. The molecule has 0 fully saturated rings. The fourth-order valence-corrected chi connectivity index (χ4v) is 1.58. The van der Waals surface area contributed by atoms with Gasteiger partial charge in [0.05, 0.1) is 17.2 Å². The number of aromatic nitrogens is 2. The number of nitrogens with one attached hydrogen (secondary N) is 1. The number of hydrogen-bond donors (Lipinski definition) is 2. The molecule has 18 heavy (non-hydrogen) atoms. The molecule has 2 N–H and O–H groups in total. The first-order valence-corrected chi connectivity index (χ1v) is 5.25. The van der Waals surface area contributed by atoms with Gasteiger partial charge in [-0.1, -0.05) is 0 Å². The van der Waals surface area contributed by atoms with Crippen LogP contribution in [-0.4, -0.2) is 19.8 Å². The van der Waals surface area contributed by atoms with E-state index >= 15 is 0 Å². The third-order valence-corrected chi connectivity index (χ3v) is 2.42. The lowest BCUT2D eigenvalue weighted by molar-refractivity contribution is -0.384. The molecule has 7 nitrogen and oxygen atoms in total. The van der Waals surface area contributed by atoms with E-state index in [0.717, 1.165) is 11.6 Å². The van der Waals surface area contributed by atoms with Gasteiger partial charge in [0, 0.05) is 25.4 Å². The molecule has 0 saturated heterocycles. The largest absolute Gasteiger partial charge is 0.508 e. The van der Waals surface area contributed by atoms with Gasteiger partial charge in [-0.2, -0.15) is 5.10 Å². The minimum atomic E-state index is -0.536. The Morgan fingerprint density at radius 1 is 1.56 bits per heavy atom. The molecule has 1 aromatic carbocycles. The first-order chi connectivity index (χ1) is 8.56. The molecule has 0 aliphatic heterocycles. The maximum Gasteiger partial charge on any atom is 0.296 e. The van der Waals surface area contributed by atoms with Gasteiger partial charge in [0.25, 0.3) is 5.69 Å². The molecule has 0 bridgehead atoms. The molecular weight excluding hydrogens is 236 g/mol. The summed E-state index contributed by atoms with van der Waals surface area (Å²) in [7, 11) is 1.80. The zero-order valence-corrected chi connectivity index (χ0v) is 9.70. The number of nitro groups is 1. The summed E-state index contributed by atoms with van der Waals surface area (Å²) >= 11 is 0. The van der Waals surface area contributed by atoms with E-state index in [1.807, 2.05) is 6.20 Å². The smallest absolute Gasteiger partial charge is 0.296 e. The lowest BCUT2D eigenvalue weighted by atomic mass is 10.2. The van der Waals surface area contributed by atoms with E-state index in [-0.39, 0.29) is 11.4 Å². The third kappa shape index (κ3) is 2.57. The topological polar surface area (TPSA) is 93.2 Å². The van der Waals surface area contributed by atoms with Crippen LogP contribution in [-0.2, 0) is 13.6 Å². The van der Waals surface area contributed by atoms with Crippen molar-refractivity contribution in [3.8, 4) is 5.75 Å². The summed E-state index contributed by atoms with van der Waals surface area (Å²) < 4.78 is 1.66. The Bertz CT molecular complexity index is 579. The van der Waals surface area contributed by atoms with Crippen molar-refractivity contribution in [2.45, 2.75) is 6.54 Å². The summed E-state index contributed by atoms with van der Waals surface area (Å²) in [4.78, 5) is 10.3. The van der Waals surface area contributed by atoms with Crippen molar-refractivity contribution in [1.29, 1.82) is 0 Å². The minimum Gasteiger partial charge on any atom is -0.508 e. The number of rotatable bonds is 4. The molecule has 0 spiro atoms. The summed E-state index contributed by atoms with van der Waals surface area (Å²) in [5.41, 5.74) is 1.13. The second kappa shape index (κ2) is 4.74. The SMILES string of the molecule is Cn1cc(CNc2ccc(O)cc2[N+](=O)[O-])cn1.